The predicted octanol–water partition coefficient (Wildman–Crippen LogP) is 0.327. The fraction of sp³-hybridized carbons (Fsp3) is 0.800. The molecule has 1 spiro atoms. The number of likely N-dealkylation sites (tertiary alicyclic amines) is 1. The van der Waals surface area contributed by atoms with Crippen molar-refractivity contribution in [2.45, 2.75) is 25.7 Å². The van der Waals surface area contributed by atoms with E-state index in [2.05, 4.69) is 15.1 Å². The van der Waals surface area contributed by atoms with Gasteiger partial charge in [-0.15, -0.1) is 10.2 Å². The maximum Gasteiger partial charge on any atom is 0.230 e. The second kappa shape index (κ2) is 3.80. The fourth-order valence-electron chi connectivity index (χ4n) is 2.29. The Morgan fingerprint density at radius 2 is 2.12 bits per heavy atom. The highest BCUT2D eigenvalue weighted by molar-refractivity contribution is 4.89. The molecule has 88 valence electrons. The molecule has 0 radical (unpaired) electrons. The first-order chi connectivity index (χ1) is 7.76. The van der Waals surface area contributed by atoms with Crippen LogP contribution in [0.4, 0.5) is 0 Å². The summed E-state index contributed by atoms with van der Waals surface area (Å²) in [6.07, 6.45) is 0.917. The highest BCUT2D eigenvalue weighted by Gasteiger charge is 2.43. The Balaban J connectivity index is 1.61. The maximum atomic E-state index is 5.64. The number of hydrogen-bond donors (Lipinski definition) is 0. The van der Waals surface area contributed by atoms with E-state index in [1.54, 1.807) is 6.92 Å². The lowest BCUT2D eigenvalue weighted by atomic mass is 10.2. The second-order valence-corrected chi connectivity index (χ2v) is 4.28. The average Bonchev–Trinajstić information content (AvgIpc) is 2.94. The predicted molar refractivity (Wildman–Crippen MR) is 53.6 cm³/mol. The number of hydrogen-bond acceptors (Lipinski definition) is 6. The van der Waals surface area contributed by atoms with Crippen LogP contribution < -0.4 is 0 Å². The van der Waals surface area contributed by atoms with Gasteiger partial charge in [0.25, 0.3) is 0 Å². The van der Waals surface area contributed by atoms with Crippen molar-refractivity contribution in [3.05, 3.63) is 11.8 Å². The fourth-order valence-corrected chi connectivity index (χ4v) is 2.29. The number of aromatic nitrogens is 2. The van der Waals surface area contributed by atoms with Crippen LogP contribution in [-0.4, -0.2) is 47.2 Å². The van der Waals surface area contributed by atoms with Crippen LogP contribution in [0.5, 0.6) is 0 Å². The lowest BCUT2D eigenvalue weighted by Gasteiger charge is -2.21. The van der Waals surface area contributed by atoms with Crippen LogP contribution >= 0.6 is 0 Å². The van der Waals surface area contributed by atoms with Crippen molar-refractivity contribution in [2.24, 2.45) is 0 Å². The van der Waals surface area contributed by atoms with Crippen LogP contribution in [0.25, 0.3) is 0 Å². The topological polar surface area (TPSA) is 60.6 Å². The molecule has 0 aromatic carbocycles. The zero-order chi connectivity index (χ0) is 11.0. The zero-order valence-corrected chi connectivity index (χ0v) is 9.31. The summed E-state index contributed by atoms with van der Waals surface area (Å²) in [6.45, 7) is 5.61. The molecule has 2 aliphatic rings. The van der Waals surface area contributed by atoms with Gasteiger partial charge in [0.1, 0.15) is 0 Å². The summed E-state index contributed by atoms with van der Waals surface area (Å²) in [4.78, 5) is 2.22. The van der Waals surface area contributed by atoms with E-state index >= 15 is 0 Å². The highest BCUT2D eigenvalue weighted by Crippen LogP contribution is 2.30. The molecule has 16 heavy (non-hydrogen) atoms. The molecule has 1 aromatic rings. The minimum Gasteiger partial charge on any atom is -0.424 e. The van der Waals surface area contributed by atoms with E-state index in [4.69, 9.17) is 13.9 Å². The summed E-state index contributed by atoms with van der Waals surface area (Å²) in [6, 6.07) is 0. The van der Waals surface area contributed by atoms with Crippen LogP contribution in [-0.2, 0) is 16.0 Å². The molecule has 2 aliphatic heterocycles. The Labute approximate surface area is 93.5 Å². The van der Waals surface area contributed by atoms with Crippen molar-refractivity contribution < 1.29 is 13.9 Å². The zero-order valence-electron chi connectivity index (χ0n) is 9.31. The smallest absolute Gasteiger partial charge is 0.230 e. The first-order valence-electron chi connectivity index (χ1n) is 5.55. The molecule has 2 fully saturated rings. The van der Waals surface area contributed by atoms with Crippen molar-refractivity contribution in [3.8, 4) is 0 Å². The van der Waals surface area contributed by atoms with E-state index < -0.39 is 0 Å². The molecule has 2 saturated heterocycles. The summed E-state index contributed by atoms with van der Waals surface area (Å²) < 4.78 is 16.6. The Morgan fingerprint density at radius 3 is 2.81 bits per heavy atom. The molecule has 6 heteroatoms. The molecule has 6 nitrogen and oxygen atoms in total. The van der Waals surface area contributed by atoms with E-state index in [-0.39, 0.29) is 5.79 Å². The normalized spacial score (nSPS) is 24.6. The van der Waals surface area contributed by atoms with E-state index in [0.717, 1.165) is 19.5 Å². The quantitative estimate of drug-likeness (QED) is 0.722. The van der Waals surface area contributed by atoms with Gasteiger partial charge in [-0.25, -0.2) is 0 Å². The van der Waals surface area contributed by atoms with E-state index in [9.17, 15) is 0 Å². The lowest BCUT2D eigenvalue weighted by molar-refractivity contribution is -0.145. The van der Waals surface area contributed by atoms with Gasteiger partial charge < -0.3 is 13.9 Å². The van der Waals surface area contributed by atoms with Gasteiger partial charge in [0.2, 0.25) is 11.8 Å². The molecule has 1 aromatic heterocycles. The van der Waals surface area contributed by atoms with Gasteiger partial charge in [-0.2, -0.15) is 0 Å². The Morgan fingerprint density at radius 1 is 1.31 bits per heavy atom. The average molecular weight is 225 g/mol. The minimum absolute atomic E-state index is 0.366. The van der Waals surface area contributed by atoms with Gasteiger partial charge in [-0.3, -0.25) is 4.90 Å². The summed E-state index contributed by atoms with van der Waals surface area (Å²) in [5.41, 5.74) is 0. The van der Waals surface area contributed by atoms with Gasteiger partial charge in [0.05, 0.1) is 26.3 Å². The molecular formula is C10H15N3O3. The summed E-state index contributed by atoms with van der Waals surface area (Å²) in [5, 5.41) is 7.80. The summed E-state index contributed by atoms with van der Waals surface area (Å²) >= 11 is 0. The molecule has 3 heterocycles. The van der Waals surface area contributed by atoms with E-state index in [1.165, 1.54) is 0 Å². The van der Waals surface area contributed by atoms with Crippen LogP contribution in [0.2, 0.25) is 0 Å². The molecule has 0 atom stereocenters. The maximum absolute atomic E-state index is 5.64. The SMILES string of the molecule is Cc1nnc(CN2CCC3(C2)OCCO3)o1. The van der Waals surface area contributed by atoms with Gasteiger partial charge in [-0.05, 0) is 0 Å². The largest absolute Gasteiger partial charge is 0.424 e. The number of nitrogens with zero attached hydrogens (tertiary/aromatic N) is 3. The van der Waals surface area contributed by atoms with Crippen LogP contribution in [0.1, 0.15) is 18.2 Å². The highest BCUT2D eigenvalue weighted by atomic mass is 16.7. The Hall–Kier alpha value is -0.980. The molecule has 0 N–H and O–H groups in total. The monoisotopic (exact) mass is 225 g/mol. The molecule has 0 unspecified atom stereocenters. The van der Waals surface area contributed by atoms with Gasteiger partial charge in [0.15, 0.2) is 5.79 Å². The molecule has 0 bridgehead atoms. The molecular weight excluding hydrogens is 210 g/mol. The van der Waals surface area contributed by atoms with Gasteiger partial charge in [0, 0.05) is 19.9 Å². The van der Waals surface area contributed by atoms with Crippen LogP contribution in [0, 0.1) is 6.92 Å². The molecule has 0 amide bonds. The summed E-state index contributed by atoms with van der Waals surface area (Å²) in [7, 11) is 0. The molecule has 0 aliphatic carbocycles. The minimum atomic E-state index is -0.366. The van der Waals surface area contributed by atoms with E-state index in [1.807, 2.05) is 0 Å². The third-order valence-electron chi connectivity index (χ3n) is 3.01. The summed E-state index contributed by atoms with van der Waals surface area (Å²) in [5.74, 6) is 0.902. The van der Waals surface area contributed by atoms with Crippen molar-refractivity contribution in [1.82, 2.24) is 15.1 Å². The third kappa shape index (κ3) is 1.83. The number of rotatable bonds is 2. The van der Waals surface area contributed by atoms with Crippen molar-refractivity contribution in [2.75, 3.05) is 26.3 Å². The first kappa shape index (κ1) is 10.2. The van der Waals surface area contributed by atoms with Crippen molar-refractivity contribution in [3.63, 3.8) is 0 Å². The number of ether oxygens (including phenoxy) is 2. The van der Waals surface area contributed by atoms with Gasteiger partial charge >= 0.3 is 0 Å². The molecule has 3 rings (SSSR count). The Bertz CT molecular complexity index is 373. The van der Waals surface area contributed by atoms with Crippen molar-refractivity contribution in [1.29, 1.82) is 0 Å². The standard InChI is InChI=1S/C10H15N3O3/c1-8-11-12-9(16-8)6-13-3-2-10(7-13)14-4-5-15-10/h2-7H2,1H3. The van der Waals surface area contributed by atoms with Crippen LogP contribution in [0.3, 0.4) is 0 Å². The van der Waals surface area contributed by atoms with Gasteiger partial charge in [-0.1, -0.05) is 0 Å². The van der Waals surface area contributed by atoms with E-state index in [0.29, 0.717) is 31.5 Å². The molecule has 0 saturated carbocycles. The third-order valence-corrected chi connectivity index (χ3v) is 3.01. The first-order valence-corrected chi connectivity index (χ1v) is 5.55. The Kier molecular flexibility index (Phi) is 2.42. The van der Waals surface area contributed by atoms with Crippen LogP contribution in [0.15, 0.2) is 4.42 Å². The number of aryl methyl sites for hydroxylation is 1. The van der Waals surface area contributed by atoms with Crippen molar-refractivity contribution >= 4 is 0 Å². The second-order valence-electron chi connectivity index (χ2n) is 4.28. The lowest BCUT2D eigenvalue weighted by Crippen LogP contribution is -2.34.